The number of aliphatic hydroxyl groups is 3. The molecule has 0 spiro atoms. The fourth-order valence-electron chi connectivity index (χ4n) is 4.00. The van der Waals surface area contributed by atoms with Crippen molar-refractivity contribution >= 4 is 27.9 Å². The van der Waals surface area contributed by atoms with E-state index >= 15 is 0 Å². The summed E-state index contributed by atoms with van der Waals surface area (Å²) < 4.78 is 7.23. The van der Waals surface area contributed by atoms with Gasteiger partial charge in [-0.1, -0.05) is 18.2 Å². The van der Waals surface area contributed by atoms with Crippen molar-refractivity contribution in [2.45, 2.75) is 37.5 Å². The lowest BCUT2D eigenvalue weighted by Gasteiger charge is -2.27. The predicted octanol–water partition coefficient (Wildman–Crippen LogP) is 0.921. The molecule has 1 aliphatic heterocycles. The van der Waals surface area contributed by atoms with Gasteiger partial charge < -0.3 is 30.4 Å². The summed E-state index contributed by atoms with van der Waals surface area (Å²) in [5.41, 5.74) is 1.49. The van der Waals surface area contributed by atoms with E-state index in [2.05, 4.69) is 31.3 Å². The number of para-hydroxylation sites is 1. The van der Waals surface area contributed by atoms with Gasteiger partial charge >= 0.3 is 0 Å². The third-order valence-electron chi connectivity index (χ3n) is 5.67. The van der Waals surface area contributed by atoms with Crippen molar-refractivity contribution < 1.29 is 20.1 Å². The number of ether oxygens (including phenoxy) is 1. The van der Waals surface area contributed by atoms with Crippen LogP contribution in [0, 0.1) is 0 Å². The number of nitrogens with one attached hydrogen (secondary N) is 2. The number of aliphatic hydroxyl groups excluding tert-OH is 2. The zero-order valence-electron chi connectivity index (χ0n) is 16.2. The Bertz CT molecular complexity index is 1200. The molecule has 4 atom stereocenters. The van der Waals surface area contributed by atoms with Crippen LogP contribution in [-0.2, 0) is 11.3 Å². The first kappa shape index (κ1) is 18.9. The molecule has 1 aliphatic rings. The minimum atomic E-state index is -1.62. The van der Waals surface area contributed by atoms with Gasteiger partial charge in [0.05, 0.1) is 12.9 Å². The number of anilines is 1. The van der Waals surface area contributed by atoms with Gasteiger partial charge in [-0.15, -0.1) is 0 Å². The number of fused-ring (bicyclic) bond motifs is 2. The maximum Gasteiger partial charge on any atom is 0.168 e. The fourth-order valence-corrected chi connectivity index (χ4v) is 4.00. The molecule has 0 bridgehead atoms. The summed E-state index contributed by atoms with van der Waals surface area (Å²) >= 11 is 0. The van der Waals surface area contributed by atoms with Crippen LogP contribution in [0.2, 0.25) is 0 Å². The number of imidazole rings is 1. The van der Waals surface area contributed by atoms with E-state index in [4.69, 9.17) is 4.74 Å². The first-order valence-corrected chi connectivity index (χ1v) is 9.64. The SMILES string of the molecule is C[C@@]1(O)C(O)C(CO)OC1n1cnc2c(NCc3c[nH]c4ccccc34)ncnc21. The zero-order valence-corrected chi connectivity index (χ0v) is 16.2. The van der Waals surface area contributed by atoms with Crippen LogP contribution in [0.25, 0.3) is 22.1 Å². The summed E-state index contributed by atoms with van der Waals surface area (Å²) in [6.07, 6.45) is 1.75. The van der Waals surface area contributed by atoms with Gasteiger partial charge in [0, 0.05) is 23.6 Å². The fraction of sp³-hybridized carbons (Fsp3) is 0.350. The Labute approximate surface area is 171 Å². The van der Waals surface area contributed by atoms with Crippen molar-refractivity contribution in [3.8, 4) is 0 Å². The molecule has 3 aromatic heterocycles. The number of rotatable bonds is 5. The third kappa shape index (κ3) is 2.84. The number of nitrogens with zero attached hydrogens (tertiary/aromatic N) is 4. The number of aromatic amines is 1. The highest BCUT2D eigenvalue weighted by Gasteiger charge is 2.53. The summed E-state index contributed by atoms with van der Waals surface area (Å²) in [5, 5.41) is 34.9. The lowest BCUT2D eigenvalue weighted by Crippen LogP contribution is -2.44. The van der Waals surface area contributed by atoms with Crippen molar-refractivity contribution in [3.05, 3.63) is 48.7 Å². The van der Waals surface area contributed by atoms with Crippen molar-refractivity contribution in [2.24, 2.45) is 0 Å². The average Bonchev–Trinajstić information content (AvgIpc) is 3.42. The summed E-state index contributed by atoms with van der Waals surface area (Å²) in [6.45, 7) is 1.58. The van der Waals surface area contributed by atoms with Crippen molar-refractivity contribution in [2.75, 3.05) is 11.9 Å². The Hall–Kier alpha value is -3.05. The maximum atomic E-state index is 10.8. The number of hydrogen-bond donors (Lipinski definition) is 5. The first-order valence-electron chi connectivity index (χ1n) is 9.64. The van der Waals surface area contributed by atoms with E-state index in [1.54, 1.807) is 4.57 Å². The molecule has 0 aliphatic carbocycles. The predicted molar refractivity (Wildman–Crippen MR) is 109 cm³/mol. The molecule has 0 radical (unpaired) electrons. The lowest BCUT2D eigenvalue weighted by atomic mass is 9.96. The number of H-pyrrole nitrogens is 1. The highest BCUT2D eigenvalue weighted by Crippen LogP contribution is 2.39. The second-order valence-corrected chi connectivity index (χ2v) is 7.64. The monoisotopic (exact) mass is 410 g/mol. The zero-order chi connectivity index (χ0) is 20.9. The largest absolute Gasteiger partial charge is 0.394 e. The molecule has 4 heterocycles. The van der Waals surface area contributed by atoms with Crippen LogP contribution in [0.5, 0.6) is 0 Å². The Morgan fingerprint density at radius 2 is 2.10 bits per heavy atom. The summed E-state index contributed by atoms with van der Waals surface area (Å²) in [4.78, 5) is 16.2. The van der Waals surface area contributed by atoms with Crippen molar-refractivity contribution in [1.29, 1.82) is 0 Å². The molecule has 156 valence electrons. The first-order chi connectivity index (χ1) is 14.5. The van der Waals surface area contributed by atoms with Crippen LogP contribution < -0.4 is 5.32 Å². The Kier molecular flexibility index (Phi) is 4.44. The summed E-state index contributed by atoms with van der Waals surface area (Å²) in [7, 11) is 0. The van der Waals surface area contributed by atoms with Crippen LogP contribution in [-0.4, -0.2) is 64.2 Å². The van der Waals surface area contributed by atoms with Crippen LogP contribution in [0.3, 0.4) is 0 Å². The molecule has 1 fully saturated rings. The quantitative estimate of drug-likeness (QED) is 0.327. The molecule has 30 heavy (non-hydrogen) atoms. The molecule has 10 nitrogen and oxygen atoms in total. The van der Waals surface area contributed by atoms with Crippen LogP contribution >= 0.6 is 0 Å². The third-order valence-corrected chi connectivity index (χ3v) is 5.67. The van der Waals surface area contributed by atoms with Gasteiger partial charge in [0.2, 0.25) is 0 Å². The number of aromatic nitrogens is 5. The van der Waals surface area contributed by atoms with E-state index in [1.165, 1.54) is 19.6 Å². The van der Waals surface area contributed by atoms with Gasteiger partial charge in [0.1, 0.15) is 24.1 Å². The summed E-state index contributed by atoms with van der Waals surface area (Å²) in [6, 6.07) is 8.04. The van der Waals surface area contributed by atoms with E-state index in [1.807, 2.05) is 24.4 Å². The molecule has 1 saturated heterocycles. The highest BCUT2D eigenvalue weighted by molar-refractivity contribution is 5.85. The normalized spacial score (nSPS) is 26.6. The van der Waals surface area contributed by atoms with Crippen LogP contribution in [0.15, 0.2) is 43.1 Å². The van der Waals surface area contributed by atoms with E-state index in [-0.39, 0.29) is 0 Å². The average molecular weight is 410 g/mol. The number of hydrogen-bond acceptors (Lipinski definition) is 8. The van der Waals surface area contributed by atoms with Crippen LogP contribution in [0.1, 0.15) is 18.7 Å². The second-order valence-electron chi connectivity index (χ2n) is 7.64. The van der Waals surface area contributed by atoms with Gasteiger partial charge in [-0.3, -0.25) is 4.57 Å². The number of benzene rings is 1. The minimum Gasteiger partial charge on any atom is -0.394 e. The highest BCUT2D eigenvalue weighted by atomic mass is 16.6. The Balaban J connectivity index is 1.45. The van der Waals surface area contributed by atoms with E-state index in [9.17, 15) is 15.3 Å². The molecular formula is C20H22N6O4. The molecule has 5 N–H and O–H groups in total. The molecule has 5 rings (SSSR count). The topological polar surface area (TPSA) is 141 Å². The van der Waals surface area contributed by atoms with E-state index in [0.29, 0.717) is 23.5 Å². The van der Waals surface area contributed by atoms with Gasteiger partial charge in [0.15, 0.2) is 23.2 Å². The maximum absolute atomic E-state index is 10.8. The molecule has 1 aromatic carbocycles. The lowest BCUT2D eigenvalue weighted by molar-refractivity contribution is -0.0950. The minimum absolute atomic E-state index is 0.410. The van der Waals surface area contributed by atoms with Crippen molar-refractivity contribution in [1.82, 2.24) is 24.5 Å². The van der Waals surface area contributed by atoms with Gasteiger partial charge in [-0.2, -0.15) is 0 Å². The van der Waals surface area contributed by atoms with Crippen molar-refractivity contribution in [3.63, 3.8) is 0 Å². The summed E-state index contributed by atoms with van der Waals surface area (Å²) in [5.74, 6) is 0.543. The van der Waals surface area contributed by atoms with Crippen LogP contribution in [0.4, 0.5) is 5.82 Å². The Morgan fingerprint density at radius 3 is 2.90 bits per heavy atom. The van der Waals surface area contributed by atoms with Gasteiger partial charge in [-0.25, -0.2) is 15.0 Å². The van der Waals surface area contributed by atoms with Gasteiger partial charge in [0.25, 0.3) is 0 Å². The molecule has 0 amide bonds. The smallest absolute Gasteiger partial charge is 0.168 e. The molecule has 4 aromatic rings. The van der Waals surface area contributed by atoms with E-state index in [0.717, 1.165) is 16.5 Å². The molecule has 3 unspecified atom stereocenters. The molecular weight excluding hydrogens is 388 g/mol. The second kappa shape index (κ2) is 7.03. The standard InChI is InChI=1S/C20H22N6O4/c1-20(29)16(28)14(8-27)30-19(20)26-10-25-15-17(23-9-24-18(15)26)22-7-11-6-21-13-5-3-2-4-12(11)13/h2-6,9-10,14,16,19,21,27-29H,7-8H2,1H3,(H,22,23,24)/t14?,16?,19?,20-/m1/s1. The van der Waals surface area contributed by atoms with Gasteiger partial charge in [-0.05, 0) is 18.6 Å². The molecule has 10 heteroatoms. The Morgan fingerprint density at radius 1 is 1.27 bits per heavy atom. The van der Waals surface area contributed by atoms with E-state index < -0.39 is 30.6 Å². The molecule has 0 saturated carbocycles.